The minimum Gasteiger partial charge on any atom is -0.453 e. The van der Waals surface area contributed by atoms with E-state index >= 15 is 0 Å². The van der Waals surface area contributed by atoms with Crippen LogP contribution in [0.15, 0.2) is 16.5 Å². The zero-order valence-electron chi connectivity index (χ0n) is 14.2. The molecule has 0 saturated carbocycles. The summed E-state index contributed by atoms with van der Waals surface area (Å²) in [6.45, 7) is 3.77. The number of sulfone groups is 1. The van der Waals surface area contributed by atoms with E-state index in [4.69, 9.17) is 9.52 Å². The molecular formula is C16H26N2O5S. The molecule has 1 fully saturated rings. The van der Waals surface area contributed by atoms with Gasteiger partial charge in [0.1, 0.15) is 22.2 Å². The van der Waals surface area contributed by atoms with E-state index in [0.717, 1.165) is 19.4 Å². The Labute approximate surface area is 142 Å². The van der Waals surface area contributed by atoms with E-state index in [-0.39, 0.29) is 30.1 Å². The first-order chi connectivity index (χ1) is 11.3. The predicted molar refractivity (Wildman–Crippen MR) is 90.4 cm³/mol. The summed E-state index contributed by atoms with van der Waals surface area (Å²) in [4.78, 5) is 14.4. The number of likely N-dealkylation sites (tertiary alicyclic amines) is 1. The van der Waals surface area contributed by atoms with Gasteiger partial charge in [0.15, 0.2) is 5.76 Å². The van der Waals surface area contributed by atoms with Gasteiger partial charge in [-0.3, -0.25) is 9.69 Å². The largest absolute Gasteiger partial charge is 0.453 e. The molecule has 0 spiro atoms. The van der Waals surface area contributed by atoms with Crippen LogP contribution in [-0.4, -0.2) is 62.0 Å². The van der Waals surface area contributed by atoms with Crippen LogP contribution in [0.1, 0.15) is 36.1 Å². The second-order valence-electron chi connectivity index (χ2n) is 6.44. The summed E-state index contributed by atoms with van der Waals surface area (Å²) in [7, 11) is -2.99. The molecule has 1 aromatic heterocycles. The zero-order chi connectivity index (χ0) is 17.7. The number of nitrogens with one attached hydrogen (secondary N) is 1. The van der Waals surface area contributed by atoms with E-state index < -0.39 is 9.84 Å². The van der Waals surface area contributed by atoms with Crippen molar-refractivity contribution in [3.63, 3.8) is 0 Å². The van der Waals surface area contributed by atoms with Gasteiger partial charge in [0, 0.05) is 31.9 Å². The van der Waals surface area contributed by atoms with Gasteiger partial charge in [-0.2, -0.15) is 0 Å². The molecule has 1 aliphatic rings. The molecule has 1 aromatic rings. The van der Waals surface area contributed by atoms with E-state index in [1.54, 1.807) is 12.1 Å². The number of aliphatic hydroxyl groups is 1. The normalized spacial score (nSPS) is 22.0. The lowest BCUT2D eigenvalue weighted by Crippen LogP contribution is -2.40. The van der Waals surface area contributed by atoms with Gasteiger partial charge in [0.25, 0.3) is 5.91 Å². The molecular weight excluding hydrogens is 332 g/mol. The predicted octanol–water partition coefficient (Wildman–Crippen LogP) is 0.647. The van der Waals surface area contributed by atoms with Crippen molar-refractivity contribution >= 4 is 15.7 Å². The summed E-state index contributed by atoms with van der Waals surface area (Å²) < 4.78 is 27.9. The molecule has 0 bridgehead atoms. The first kappa shape index (κ1) is 19.0. The summed E-state index contributed by atoms with van der Waals surface area (Å²) in [5.74, 6) is 0.664. The molecule has 0 unspecified atom stereocenters. The summed E-state index contributed by atoms with van der Waals surface area (Å²) in [6, 6.07) is 3.09. The van der Waals surface area contributed by atoms with Crippen molar-refractivity contribution in [3.8, 4) is 0 Å². The highest BCUT2D eigenvalue weighted by atomic mass is 32.2. The van der Waals surface area contributed by atoms with Gasteiger partial charge in [0.05, 0.1) is 5.75 Å². The quantitative estimate of drug-likeness (QED) is 0.708. The number of carbonyl (C=O) groups excluding carboxylic acids is 1. The Hall–Kier alpha value is -1.38. The van der Waals surface area contributed by atoms with Gasteiger partial charge in [-0.1, -0.05) is 13.3 Å². The van der Waals surface area contributed by atoms with Crippen molar-refractivity contribution in [2.24, 2.45) is 5.92 Å². The Morgan fingerprint density at radius 1 is 1.42 bits per heavy atom. The minimum absolute atomic E-state index is 0.0281. The fraction of sp³-hybridized carbons (Fsp3) is 0.688. The molecule has 136 valence electrons. The Bertz CT molecular complexity index is 655. The van der Waals surface area contributed by atoms with Crippen LogP contribution in [-0.2, 0) is 16.4 Å². The number of furan rings is 1. The van der Waals surface area contributed by atoms with Crippen molar-refractivity contribution < 1.29 is 22.7 Å². The Balaban J connectivity index is 1.97. The Kier molecular flexibility index (Phi) is 6.42. The molecule has 1 saturated heterocycles. The van der Waals surface area contributed by atoms with Crippen LogP contribution >= 0.6 is 0 Å². The van der Waals surface area contributed by atoms with Crippen molar-refractivity contribution in [1.82, 2.24) is 10.2 Å². The monoisotopic (exact) mass is 358 g/mol. The van der Waals surface area contributed by atoms with Crippen LogP contribution in [0.4, 0.5) is 0 Å². The van der Waals surface area contributed by atoms with Crippen LogP contribution in [0.25, 0.3) is 0 Å². The number of hydrogen-bond acceptors (Lipinski definition) is 6. The molecule has 2 atom stereocenters. The first-order valence-corrected chi connectivity index (χ1v) is 10.3. The van der Waals surface area contributed by atoms with Crippen LogP contribution in [0.3, 0.4) is 0 Å². The molecule has 1 amide bonds. The fourth-order valence-electron chi connectivity index (χ4n) is 3.09. The highest BCUT2D eigenvalue weighted by molar-refractivity contribution is 7.90. The molecule has 0 radical (unpaired) electrons. The standard InChI is InChI=1S/C16H26N2O5S/c1-3-4-12-9-18(7-8-24(2,21)22)10-14(12)17-16(20)15-6-5-13(11-19)23-15/h5-6,12,14,19H,3-4,7-11H2,1-2H3,(H,17,20)/t12-,14-/m0/s1. The maximum absolute atomic E-state index is 12.3. The van der Waals surface area contributed by atoms with Crippen LogP contribution in [0, 0.1) is 5.92 Å². The van der Waals surface area contributed by atoms with Gasteiger partial charge >= 0.3 is 0 Å². The maximum Gasteiger partial charge on any atom is 0.287 e. The highest BCUT2D eigenvalue weighted by Gasteiger charge is 2.33. The van der Waals surface area contributed by atoms with Crippen molar-refractivity contribution in [3.05, 3.63) is 23.7 Å². The lowest BCUT2D eigenvalue weighted by molar-refractivity contribution is 0.0896. The maximum atomic E-state index is 12.3. The smallest absolute Gasteiger partial charge is 0.287 e. The molecule has 2 rings (SSSR count). The molecule has 24 heavy (non-hydrogen) atoms. The molecule has 7 nitrogen and oxygen atoms in total. The van der Waals surface area contributed by atoms with Gasteiger partial charge in [-0.15, -0.1) is 0 Å². The van der Waals surface area contributed by atoms with E-state index in [0.29, 0.717) is 24.8 Å². The molecule has 1 aliphatic heterocycles. The van der Waals surface area contributed by atoms with E-state index in [1.807, 2.05) is 0 Å². The fourth-order valence-corrected chi connectivity index (χ4v) is 3.68. The van der Waals surface area contributed by atoms with Gasteiger partial charge in [-0.05, 0) is 24.5 Å². The number of hydrogen-bond donors (Lipinski definition) is 2. The average molecular weight is 358 g/mol. The number of nitrogens with zero attached hydrogens (tertiary/aromatic N) is 1. The van der Waals surface area contributed by atoms with Crippen LogP contribution < -0.4 is 5.32 Å². The number of aliphatic hydroxyl groups excluding tert-OH is 1. The van der Waals surface area contributed by atoms with Gasteiger partial charge < -0.3 is 14.8 Å². The highest BCUT2D eigenvalue weighted by Crippen LogP contribution is 2.22. The lowest BCUT2D eigenvalue weighted by Gasteiger charge is -2.18. The van der Waals surface area contributed by atoms with E-state index in [2.05, 4.69) is 17.1 Å². The molecule has 2 heterocycles. The van der Waals surface area contributed by atoms with E-state index in [1.165, 1.54) is 6.26 Å². The third-order valence-electron chi connectivity index (χ3n) is 4.31. The van der Waals surface area contributed by atoms with Crippen LogP contribution in [0.2, 0.25) is 0 Å². The summed E-state index contributed by atoms with van der Waals surface area (Å²) >= 11 is 0. The Morgan fingerprint density at radius 3 is 2.75 bits per heavy atom. The van der Waals surface area contributed by atoms with Crippen molar-refractivity contribution in [1.29, 1.82) is 0 Å². The van der Waals surface area contributed by atoms with E-state index in [9.17, 15) is 13.2 Å². The zero-order valence-corrected chi connectivity index (χ0v) is 15.0. The molecule has 0 aromatic carbocycles. The molecule has 0 aliphatic carbocycles. The second kappa shape index (κ2) is 8.13. The SMILES string of the molecule is CCC[C@H]1CN(CCS(C)(=O)=O)C[C@@H]1NC(=O)c1ccc(CO)o1. The first-order valence-electron chi connectivity index (χ1n) is 8.23. The number of carbonyl (C=O) groups is 1. The second-order valence-corrected chi connectivity index (χ2v) is 8.70. The molecule has 2 N–H and O–H groups in total. The third kappa shape index (κ3) is 5.32. The minimum atomic E-state index is -2.99. The van der Waals surface area contributed by atoms with Crippen LogP contribution in [0.5, 0.6) is 0 Å². The van der Waals surface area contributed by atoms with Gasteiger partial charge in [-0.25, -0.2) is 8.42 Å². The van der Waals surface area contributed by atoms with Crippen molar-refractivity contribution in [2.75, 3.05) is 31.6 Å². The van der Waals surface area contributed by atoms with Crippen molar-refractivity contribution in [2.45, 2.75) is 32.4 Å². The third-order valence-corrected chi connectivity index (χ3v) is 5.24. The van der Waals surface area contributed by atoms with Gasteiger partial charge in [0.2, 0.25) is 0 Å². The topological polar surface area (TPSA) is 99.9 Å². The summed E-state index contributed by atoms with van der Waals surface area (Å²) in [5, 5.41) is 12.0. The lowest BCUT2D eigenvalue weighted by atomic mass is 9.98. The number of rotatable bonds is 8. The Morgan fingerprint density at radius 2 is 2.17 bits per heavy atom. The average Bonchev–Trinajstić information content (AvgIpc) is 3.12. The number of amides is 1. The molecule has 8 heteroatoms. The summed E-state index contributed by atoms with van der Waals surface area (Å²) in [5.41, 5.74) is 0. The summed E-state index contributed by atoms with van der Waals surface area (Å²) in [6.07, 6.45) is 3.22.